The number of carboxylic acids is 1. The van der Waals surface area contributed by atoms with Crippen LogP contribution >= 0.6 is 0 Å². The fraction of sp³-hybridized carbons (Fsp3) is 0.667. The molecule has 1 aliphatic rings. The lowest BCUT2D eigenvalue weighted by atomic mass is 10.1. The van der Waals surface area contributed by atoms with E-state index in [1.807, 2.05) is 13.0 Å². The first-order valence-corrected chi connectivity index (χ1v) is 7.29. The minimum absolute atomic E-state index is 0.119. The average molecular weight is 277 g/mol. The first-order chi connectivity index (χ1) is 9.47. The summed E-state index contributed by atoms with van der Waals surface area (Å²) >= 11 is 0. The maximum absolute atomic E-state index is 10.7. The predicted molar refractivity (Wildman–Crippen MR) is 76.5 cm³/mol. The lowest BCUT2D eigenvalue weighted by Crippen LogP contribution is -2.31. The van der Waals surface area contributed by atoms with E-state index in [0.717, 1.165) is 30.2 Å². The Morgan fingerprint density at radius 2 is 2.25 bits per heavy atom. The van der Waals surface area contributed by atoms with Gasteiger partial charge in [-0.25, -0.2) is 9.97 Å². The van der Waals surface area contributed by atoms with Crippen molar-refractivity contribution in [1.82, 2.24) is 14.9 Å². The summed E-state index contributed by atoms with van der Waals surface area (Å²) in [5.41, 5.74) is 1.76. The van der Waals surface area contributed by atoms with Crippen LogP contribution in [0.4, 0.5) is 0 Å². The zero-order chi connectivity index (χ0) is 14.7. The van der Waals surface area contributed by atoms with E-state index >= 15 is 0 Å². The lowest BCUT2D eigenvalue weighted by Gasteiger charge is -2.27. The van der Waals surface area contributed by atoms with Gasteiger partial charge in [-0.3, -0.25) is 9.69 Å². The number of nitrogens with zero attached hydrogens (tertiary/aromatic N) is 3. The summed E-state index contributed by atoms with van der Waals surface area (Å²) in [7, 11) is 0. The van der Waals surface area contributed by atoms with Crippen molar-refractivity contribution in [2.75, 3.05) is 6.54 Å². The Hall–Kier alpha value is -1.49. The highest BCUT2D eigenvalue weighted by atomic mass is 16.4. The molecule has 0 amide bonds. The topological polar surface area (TPSA) is 66.3 Å². The van der Waals surface area contributed by atoms with Crippen LogP contribution in [0.3, 0.4) is 0 Å². The number of rotatable bonds is 5. The van der Waals surface area contributed by atoms with E-state index in [-0.39, 0.29) is 12.5 Å². The van der Waals surface area contributed by atoms with Crippen molar-refractivity contribution in [2.45, 2.75) is 58.5 Å². The molecule has 1 saturated heterocycles. The molecule has 0 spiro atoms. The Bertz CT molecular complexity index is 488. The number of carbonyl (C=O) groups is 1. The van der Waals surface area contributed by atoms with Crippen molar-refractivity contribution in [2.24, 2.45) is 0 Å². The number of likely N-dealkylation sites (tertiary alicyclic amines) is 1. The number of aromatic nitrogens is 2. The molecule has 1 fully saturated rings. The van der Waals surface area contributed by atoms with E-state index in [4.69, 9.17) is 5.11 Å². The lowest BCUT2D eigenvalue weighted by molar-refractivity contribution is -0.136. The van der Waals surface area contributed by atoms with Crippen LogP contribution in [-0.2, 0) is 11.2 Å². The molecule has 0 aliphatic carbocycles. The Morgan fingerprint density at radius 3 is 2.90 bits per heavy atom. The van der Waals surface area contributed by atoms with Gasteiger partial charge in [0.2, 0.25) is 0 Å². The van der Waals surface area contributed by atoms with E-state index in [2.05, 4.69) is 28.7 Å². The highest BCUT2D eigenvalue weighted by Gasteiger charge is 2.30. The minimum Gasteiger partial charge on any atom is -0.481 e. The van der Waals surface area contributed by atoms with Crippen molar-refractivity contribution in [3.63, 3.8) is 0 Å². The number of hydrogen-bond donors (Lipinski definition) is 1. The third kappa shape index (κ3) is 3.54. The van der Waals surface area contributed by atoms with Crippen molar-refractivity contribution < 1.29 is 9.90 Å². The molecule has 1 aromatic heterocycles. The van der Waals surface area contributed by atoms with Crippen LogP contribution < -0.4 is 0 Å². The van der Waals surface area contributed by atoms with Crippen molar-refractivity contribution in [1.29, 1.82) is 0 Å². The van der Waals surface area contributed by atoms with E-state index in [1.54, 1.807) is 0 Å². The number of aryl methyl sites for hydroxylation is 2. The van der Waals surface area contributed by atoms with Gasteiger partial charge >= 0.3 is 5.97 Å². The Balaban J connectivity index is 2.20. The molecule has 5 nitrogen and oxygen atoms in total. The molecule has 0 aromatic carbocycles. The van der Waals surface area contributed by atoms with Gasteiger partial charge < -0.3 is 5.11 Å². The van der Waals surface area contributed by atoms with Crippen LogP contribution in [0.1, 0.15) is 56.4 Å². The molecular weight excluding hydrogens is 254 g/mol. The van der Waals surface area contributed by atoms with Gasteiger partial charge in [-0.15, -0.1) is 0 Å². The highest BCUT2D eigenvalue weighted by molar-refractivity contribution is 5.66. The van der Waals surface area contributed by atoms with E-state index in [9.17, 15) is 4.79 Å². The molecule has 1 aliphatic heterocycles. The number of aliphatic carboxylic acids is 1. The van der Waals surface area contributed by atoms with Gasteiger partial charge in [0.25, 0.3) is 0 Å². The molecule has 2 rings (SSSR count). The Labute approximate surface area is 120 Å². The van der Waals surface area contributed by atoms with Crippen molar-refractivity contribution in [3.8, 4) is 0 Å². The molecule has 0 bridgehead atoms. The molecule has 110 valence electrons. The van der Waals surface area contributed by atoms with E-state index in [1.165, 1.54) is 6.42 Å². The van der Waals surface area contributed by atoms with Crippen LogP contribution in [0.5, 0.6) is 0 Å². The van der Waals surface area contributed by atoms with Gasteiger partial charge in [-0.2, -0.15) is 0 Å². The van der Waals surface area contributed by atoms with Crippen LogP contribution in [0.2, 0.25) is 0 Å². The monoisotopic (exact) mass is 277 g/mol. The average Bonchev–Trinajstić information content (AvgIpc) is 2.85. The number of carboxylic acid groups (broad SMARTS) is 1. The molecule has 5 heteroatoms. The summed E-state index contributed by atoms with van der Waals surface area (Å²) in [5, 5.41) is 8.79. The third-order valence-corrected chi connectivity index (χ3v) is 3.78. The number of hydrogen-bond acceptors (Lipinski definition) is 4. The summed E-state index contributed by atoms with van der Waals surface area (Å²) < 4.78 is 0. The quantitative estimate of drug-likeness (QED) is 0.895. The zero-order valence-corrected chi connectivity index (χ0v) is 12.5. The summed E-state index contributed by atoms with van der Waals surface area (Å²) in [4.78, 5) is 22.3. The summed E-state index contributed by atoms with van der Waals surface area (Å²) in [6.45, 7) is 7.42. The smallest absolute Gasteiger partial charge is 0.303 e. The third-order valence-electron chi connectivity index (χ3n) is 3.78. The van der Waals surface area contributed by atoms with Crippen LogP contribution in [0.15, 0.2) is 6.07 Å². The normalized spacial score (nSPS) is 19.7. The first kappa shape index (κ1) is 14.9. The summed E-state index contributed by atoms with van der Waals surface area (Å²) in [6.07, 6.45) is 2.85. The molecule has 0 unspecified atom stereocenters. The fourth-order valence-electron chi connectivity index (χ4n) is 2.85. The molecule has 0 radical (unpaired) electrons. The van der Waals surface area contributed by atoms with Gasteiger partial charge in [0.1, 0.15) is 5.82 Å². The Morgan fingerprint density at radius 1 is 1.50 bits per heavy atom. The van der Waals surface area contributed by atoms with Gasteiger partial charge in [0.15, 0.2) is 0 Å². The van der Waals surface area contributed by atoms with E-state index < -0.39 is 5.97 Å². The standard InChI is InChI=1S/C15H23N3O2/c1-10(2)18-8-4-5-13(18)15-16-11(3)9-12(17-15)6-7-14(19)20/h9-10,13H,4-8H2,1-3H3,(H,19,20)/t13-/m1/s1. The largest absolute Gasteiger partial charge is 0.481 e. The van der Waals surface area contributed by atoms with Crippen molar-refractivity contribution in [3.05, 3.63) is 23.3 Å². The van der Waals surface area contributed by atoms with Gasteiger partial charge in [0, 0.05) is 23.9 Å². The van der Waals surface area contributed by atoms with E-state index in [0.29, 0.717) is 12.5 Å². The second-order valence-corrected chi connectivity index (χ2v) is 5.74. The summed E-state index contributed by atoms with van der Waals surface area (Å²) in [5.74, 6) is 0.0732. The molecule has 1 atom stereocenters. The molecule has 1 aromatic rings. The second kappa shape index (κ2) is 6.31. The van der Waals surface area contributed by atoms with Crippen LogP contribution in [-0.4, -0.2) is 38.5 Å². The maximum Gasteiger partial charge on any atom is 0.303 e. The molecule has 20 heavy (non-hydrogen) atoms. The van der Waals surface area contributed by atoms with Gasteiger partial charge in [-0.1, -0.05) is 0 Å². The fourth-order valence-corrected chi connectivity index (χ4v) is 2.85. The van der Waals surface area contributed by atoms with Gasteiger partial charge in [0.05, 0.1) is 12.5 Å². The molecule has 2 heterocycles. The Kier molecular flexibility index (Phi) is 4.70. The molecular formula is C15H23N3O2. The second-order valence-electron chi connectivity index (χ2n) is 5.74. The van der Waals surface area contributed by atoms with Gasteiger partial charge in [-0.05, 0) is 46.2 Å². The van der Waals surface area contributed by atoms with Crippen molar-refractivity contribution >= 4 is 5.97 Å². The van der Waals surface area contributed by atoms with Crippen LogP contribution in [0.25, 0.3) is 0 Å². The minimum atomic E-state index is -0.785. The zero-order valence-electron chi connectivity index (χ0n) is 12.5. The SMILES string of the molecule is Cc1cc(CCC(=O)O)nc([C@H]2CCCN2C(C)C)n1. The molecule has 1 N–H and O–H groups in total. The van der Waals surface area contributed by atoms with Crippen LogP contribution in [0, 0.1) is 6.92 Å². The molecule has 0 saturated carbocycles. The first-order valence-electron chi connectivity index (χ1n) is 7.29. The highest BCUT2D eigenvalue weighted by Crippen LogP contribution is 2.31. The predicted octanol–water partition coefficient (Wildman–Crippen LogP) is 2.35. The summed E-state index contributed by atoms with van der Waals surface area (Å²) in [6, 6.07) is 2.65. The maximum atomic E-state index is 10.7.